The molecule has 6 heteroatoms. The predicted molar refractivity (Wildman–Crippen MR) is 63.4 cm³/mol. The molecule has 3 aromatic heterocycles. The van der Waals surface area contributed by atoms with Gasteiger partial charge in [-0.2, -0.15) is 0 Å². The second-order valence-electron chi connectivity index (χ2n) is 3.92. The third-order valence-corrected chi connectivity index (χ3v) is 2.84. The minimum atomic E-state index is 0.345. The number of hydrogen-bond acceptors (Lipinski definition) is 5. The Labute approximate surface area is 97.5 Å². The smallest absolute Gasteiger partial charge is 0.184 e. The van der Waals surface area contributed by atoms with Crippen LogP contribution in [0.2, 0.25) is 0 Å². The van der Waals surface area contributed by atoms with Crippen molar-refractivity contribution in [1.29, 1.82) is 0 Å². The number of fused-ring (bicyclic) bond motifs is 3. The highest BCUT2D eigenvalue weighted by molar-refractivity contribution is 5.85. The van der Waals surface area contributed by atoms with Crippen LogP contribution in [0.25, 0.3) is 16.8 Å². The fourth-order valence-electron chi connectivity index (χ4n) is 1.83. The summed E-state index contributed by atoms with van der Waals surface area (Å²) in [5.74, 6) is 0.738. The molecule has 0 unspecified atom stereocenters. The lowest BCUT2D eigenvalue weighted by Crippen LogP contribution is -2.09. The van der Waals surface area contributed by atoms with Crippen LogP contribution in [0.3, 0.4) is 0 Å². The van der Waals surface area contributed by atoms with Crippen LogP contribution >= 0.6 is 0 Å². The molecule has 0 aliphatic rings. The number of aryl methyl sites for hydroxylation is 2. The third kappa shape index (κ3) is 1.38. The van der Waals surface area contributed by atoms with Gasteiger partial charge < -0.3 is 5.73 Å². The summed E-state index contributed by atoms with van der Waals surface area (Å²) < 4.78 is 1.85. The highest BCUT2D eigenvalue weighted by Crippen LogP contribution is 2.16. The van der Waals surface area contributed by atoms with Crippen molar-refractivity contribution in [3.8, 4) is 0 Å². The number of rotatable bonds is 1. The quantitative estimate of drug-likeness (QED) is 0.664. The summed E-state index contributed by atoms with van der Waals surface area (Å²) in [6, 6.07) is 0. The normalized spacial score (nSPS) is 11.5. The molecule has 0 fully saturated rings. The molecule has 0 aliphatic heterocycles. The summed E-state index contributed by atoms with van der Waals surface area (Å²) in [5.41, 5.74) is 9.52. The van der Waals surface area contributed by atoms with Gasteiger partial charge in [-0.05, 0) is 13.8 Å². The van der Waals surface area contributed by atoms with Gasteiger partial charge in [0.15, 0.2) is 16.8 Å². The van der Waals surface area contributed by atoms with Gasteiger partial charge >= 0.3 is 0 Å². The fraction of sp³-hybridized carbons (Fsp3) is 0.273. The van der Waals surface area contributed by atoms with Crippen LogP contribution in [0.5, 0.6) is 0 Å². The lowest BCUT2D eigenvalue weighted by molar-refractivity contribution is 0.876. The second-order valence-corrected chi connectivity index (χ2v) is 3.92. The van der Waals surface area contributed by atoms with Gasteiger partial charge in [-0.1, -0.05) is 0 Å². The minimum Gasteiger partial charge on any atom is -0.324 e. The molecule has 0 atom stereocenters. The van der Waals surface area contributed by atoms with E-state index in [2.05, 4.69) is 19.9 Å². The Morgan fingerprint density at radius 3 is 2.71 bits per heavy atom. The molecule has 0 amide bonds. The fourth-order valence-corrected chi connectivity index (χ4v) is 1.83. The van der Waals surface area contributed by atoms with E-state index in [1.54, 1.807) is 6.20 Å². The van der Waals surface area contributed by atoms with Crippen molar-refractivity contribution >= 4 is 16.8 Å². The Hall–Kier alpha value is -2.08. The molecule has 0 bridgehead atoms. The van der Waals surface area contributed by atoms with E-state index in [1.165, 1.54) is 0 Å². The van der Waals surface area contributed by atoms with Gasteiger partial charge in [0.2, 0.25) is 0 Å². The first kappa shape index (κ1) is 10.1. The summed E-state index contributed by atoms with van der Waals surface area (Å²) in [5, 5.41) is 0. The largest absolute Gasteiger partial charge is 0.324 e. The molecule has 0 aliphatic carbocycles. The zero-order chi connectivity index (χ0) is 12.0. The van der Waals surface area contributed by atoms with E-state index in [9.17, 15) is 0 Å². The molecular weight excluding hydrogens is 216 g/mol. The predicted octanol–water partition coefficient (Wildman–Crippen LogP) is 0.748. The van der Waals surface area contributed by atoms with Crippen molar-refractivity contribution in [1.82, 2.24) is 24.3 Å². The first-order valence-corrected chi connectivity index (χ1v) is 5.37. The summed E-state index contributed by atoms with van der Waals surface area (Å²) in [7, 11) is 0. The molecule has 0 saturated heterocycles. The molecule has 0 spiro atoms. The van der Waals surface area contributed by atoms with Crippen LogP contribution < -0.4 is 5.73 Å². The number of aromatic nitrogens is 5. The molecule has 0 saturated carbocycles. The Balaban J connectivity index is 2.53. The van der Waals surface area contributed by atoms with Crippen molar-refractivity contribution in [2.45, 2.75) is 20.4 Å². The molecule has 86 valence electrons. The Morgan fingerprint density at radius 2 is 1.94 bits per heavy atom. The van der Waals surface area contributed by atoms with Crippen molar-refractivity contribution in [2.24, 2.45) is 5.73 Å². The molecular formula is C11H12N6. The Bertz CT molecular complexity index is 715. The average molecular weight is 228 g/mol. The van der Waals surface area contributed by atoms with E-state index >= 15 is 0 Å². The zero-order valence-electron chi connectivity index (χ0n) is 9.68. The van der Waals surface area contributed by atoms with Crippen molar-refractivity contribution in [3.63, 3.8) is 0 Å². The van der Waals surface area contributed by atoms with Gasteiger partial charge in [0, 0.05) is 12.4 Å². The molecule has 2 N–H and O–H groups in total. The maximum absolute atomic E-state index is 5.67. The van der Waals surface area contributed by atoms with Crippen LogP contribution in [-0.2, 0) is 6.54 Å². The lowest BCUT2D eigenvalue weighted by atomic mass is 10.3. The maximum Gasteiger partial charge on any atom is 0.184 e. The molecule has 0 aromatic carbocycles. The highest BCUT2D eigenvalue weighted by Gasteiger charge is 2.11. The summed E-state index contributed by atoms with van der Waals surface area (Å²) in [6.45, 7) is 4.19. The van der Waals surface area contributed by atoms with Crippen molar-refractivity contribution < 1.29 is 0 Å². The maximum atomic E-state index is 5.67. The first-order chi connectivity index (χ1) is 8.20. The lowest BCUT2D eigenvalue weighted by Gasteiger charge is -2.06. The van der Waals surface area contributed by atoms with E-state index in [4.69, 9.17) is 5.73 Å². The third-order valence-electron chi connectivity index (χ3n) is 2.84. The summed E-state index contributed by atoms with van der Waals surface area (Å²) >= 11 is 0. The second kappa shape index (κ2) is 3.46. The van der Waals surface area contributed by atoms with Gasteiger partial charge in [0.25, 0.3) is 0 Å². The van der Waals surface area contributed by atoms with E-state index in [0.29, 0.717) is 12.2 Å². The highest BCUT2D eigenvalue weighted by atomic mass is 15.1. The number of imidazole rings is 1. The summed E-state index contributed by atoms with van der Waals surface area (Å²) in [4.78, 5) is 17.6. The first-order valence-electron chi connectivity index (χ1n) is 5.37. The van der Waals surface area contributed by atoms with Crippen LogP contribution in [0.4, 0.5) is 0 Å². The standard InChI is InChI=1S/C11H12N6/c1-6-7(2)15-10-9(14-6)11-13-3-4-17(11)8(5-12)16-10/h3-4H,5,12H2,1-2H3. The average Bonchev–Trinajstić information content (AvgIpc) is 2.79. The van der Waals surface area contributed by atoms with E-state index in [-0.39, 0.29) is 0 Å². The zero-order valence-corrected chi connectivity index (χ0v) is 9.68. The molecule has 6 nitrogen and oxygen atoms in total. The van der Waals surface area contributed by atoms with E-state index in [0.717, 1.165) is 28.4 Å². The monoisotopic (exact) mass is 228 g/mol. The van der Waals surface area contributed by atoms with Gasteiger partial charge in [-0.15, -0.1) is 0 Å². The van der Waals surface area contributed by atoms with Crippen LogP contribution in [0, 0.1) is 13.8 Å². The van der Waals surface area contributed by atoms with E-state index < -0.39 is 0 Å². The minimum absolute atomic E-state index is 0.345. The van der Waals surface area contributed by atoms with Gasteiger partial charge in [0.1, 0.15) is 5.82 Å². The number of nitrogens with zero attached hydrogens (tertiary/aromatic N) is 5. The van der Waals surface area contributed by atoms with Gasteiger partial charge in [0.05, 0.1) is 17.9 Å². The molecule has 3 heterocycles. The summed E-state index contributed by atoms with van der Waals surface area (Å²) in [6.07, 6.45) is 3.55. The van der Waals surface area contributed by atoms with Gasteiger partial charge in [-0.3, -0.25) is 4.40 Å². The number of nitrogens with two attached hydrogens (primary N) is 1. The van der Waals surface area contributed by atoms with Crippen molar-refractivity contribution in [3.05, 3.63) is 29.6 Å². The number of hydrogen-bond donors (Lipinski definition) is 1. The topological polar surface area (TPSA) is 82.0 Å². The van der Waals surface area contributed by atoms with Crippen LogP contribution in [0.1, 0.15) is 17.2 Å². The van der Waals surface area contributed by atoms with Crippen molar-refractivity contribution in [2.75, 3.05) is 0 Å². The SMILES string of the molecule is Cc1nc2nc(CN)n3ccnc3c2nc1C. The molecule has 3 rings (SSSR count). The van der Waals surface area contributed by atoms with Crippen LogP contribution in [0.15, 0.2) is 12.4 Å². The van der Waals surface area contributed by atoms with Crippen LogP contribution in [-0.4, -0.2) is 24.3 Å². The Morgan fingerprint density at radius 1 is 1.18 bits per heavy atom. The Kier molecular flexibility index (Phi) is 2.05. The van der Waals surface area contributed by atoms with Gasteiger partial charge in [-0.25, -0.2) is 19.9 Å². The molecule has 0 radical (unpaired) electrons. The molecule has 3 aromatic rings. The molecule has 17 heavy (non-hydrogen) atoms. The van der Waals surface area contributed by atoms with E-state index in [1.807, 2.05) is 24.4 Å².